The first-order valence-corrected chi connectivity index (χ1v) is 8.86. The summed E-state index contributed by atoms with van der Waals surface area (Å²) in [6.45, 7) is 1.24. The number of alkyl halides is 3. The zero-order valence-corrected chi connectivity index (χ0v) is 15.9. The van der Waals surface area contributed by atoms with Crippen molar-refractivity contribution in [1.29, 1.82) is 0 Å². The number of ether oxygens (including phenoxy) is 2. The van der Waals surface area contributed by atoms with E-state index in [0.29, 0.717) is 16.9 Å². The van der Waals surface area contributed by atoms with Crippen molar-refractivity contribution in [2.45, 2.75) is 25.7 Å². The van der Waals surface area contributed by atoms with Gasteiger partial charge in [0.25, 0.3) is 5.91 Å². The van der Waals surface area contributed by atoms with E-state index in [2.05, 4.69) is 10.3 Å². The molecule has 0 fully saturated rings. The number of methoxy groups -OCH3 is 1. The number of benzene rings is 1. The van der Waals surface area contributed by atoms with Gasteiger partial charge in [0.15, 0.2) is 18.1 Å². The maximum atomic E-state index is 13.4. The topological polar surface area (TPSA) is 65.4 Å². The molecule has 3 rings (SSSR count). The van der Waals surface area contributed by atoms with Crippen LogP contribution in [0.3, 0.4) is 0 Å². The van der Waals surface area contributed by atoms with Crippen molar-refractivity contribution in [3.63, 3.8) is 0 Å². The molecule has 0 radical (unpaired) electrons. The highest BCUT2D eigenvalue weighted by Gasteiger charge is 2.36. The van der Waals surface area contributed by atoms with Crippen molar-refractivity contribution in [2.75, 3.05) is 13.7 Å². The summed E-state index contributed by atoms with van der Waals surface area (Å²) in [6, 6.07) is 10.5. The Morgan fingerprint density at radius 1 is 1.21 bits per heavy atom. The number of carbonyl (C=O) groups is 1. The van der Waals surface area contributed by atoms with Crippen LogP contribution in [0.25, 0.3) is 11.0 Å². The van der Waals surface area contributed by atoms with Gasteiger partial charge in [0.2, 0.25) is 0 Å². The second-order valence-electron chi connectivity index (χ2n) is 6.46. The monoisotopic (exact) mass is 407 g/mol. The van der Waals surface area contributed by atoms with E-state index in [1.807, 2.05) is 0 Å². The third-order valence-electron chi connectivity index (χ3n) is 4.24. The molecule has 2 aromatic heterocycles. The fraction of sp³-hybridized carbons (Fsp3) is 0.300. The minimum atomic E-state index is -4.53. The number of para-hydroxylation sites is 2. The highest BCUT2D eigenvalue weighted by Crippen LogP contribution is 2.33. The molecule has 0 saturated carbocycles. The van der Waals surface area contributed by atoms with Crippen molar-refractivity contribution >= 4 is 16.9 Å². The smallest absolute Gasteiger partial charge is 0.431 e. The lowest BCUT2D eigenvalue weighted by Crippen LogP contribution is -2.39. The molecule has 154 valence electrons. The maximum absolute atomic E-state index is 13.4. The van der Waals surface area contributed by atoms with Gasteiger partial charge in [-0.25, -0.2) is 4.98 Å². The molecule has 1 atom stereocenters. The molecule has 0 bridgehead atoms. The van der Waals surface area contributed by atoms with E-state index in [-0.39, 0.29) is 18.8 Å². The number of pyridine rings is 1. The van der Waals surface area contributed by atoms with Crippen LogP contribution < -0.4 is 14.8 Å². The number of amides is 1. The molecule has 0 unspecified atom stereocenters. The number of halogens is 3. The molecule has 0 saturated heterocycles. The van der Waals surface area contributed by atoms with Gasteiger partial charge in [-0.3, -0.25) is 4.79 Å². The Morgan fingerprint density at radius 2 is 1.93 bits per heavy atom. The van der Waals surface area contributed by atoms with Crippen LogP contribution in [-0.4, -0.2) is 35.2 Å². The molecule has 0 aliphatic rings. The first kappa shape index (κ1) is 20.5. The predicted molar refractivity (Wildman–Crippen MR) is 101 cm³/mol. The van der Waals surface area contributed by atoms with Gasteiger partial charge in [0.05, 0.1) is 7.11 Å². The van der Waals surface area contributed by atoms with Gasteiger partial charge in [0, 0.05) is 24.2 Å². The summed E-state index contributed by atoms with van der Waals surface area (Å²) in [5.74, 6) is 0.423. The molecule has 6 nitrogen and oxygen atoms in total. The van der Waals surface area contributed by atoms with E-state index in [0.717, 1.165) is 10.6 Å². The van der Waals surface area contributed by atoms with E-state index >= 15 is 0 Å². The molecule has 9 heteroatoms. The minimum absolute atomic E-state index is 0.0875. The summed E-state index contributed by atoms with van der Waals surface area (Å²) in [6.07, 6.45) is -3.10. The number of aromatic nitrogens is 2. The van der Waals surface area contributed by atoms with Crippen molar-refractivity contribution in [3.05, 3.63) is 54.4 Å². The van der Waals surface area contributed by atoms with E-state index in [1.54, 1.807) is 43.3 Å². The standard InChI is InChI=1S/C20H20F3N3O3/c1-13(25-18(27)12-29-16-8-4-3-7-15(16)28-2)11-26-17(20(21,22)23)10-14-6-5-9-24-19(14)26/h3-10,13H,11-12H2,1-2H3,(H,25,27)/t13-/m1/s1. The number of nitrogens with zero attached hydrogens (tertiary/aromatic N) is 2. The summed E-state index contributed by atoms with van der Waals surface area (Å²) in [4.78, 5) is 16.2. The second kappa shape index (κ2) is 8.42. The van der Waals surface area contributed by atoms with Crippen LogP contribution in [0.2, 0.25) is 0 Å². The fourth-order valence-electron chi connectivity index (χ4n) is 3.02. The summed E-state index contributed by atoms with van der Waals surface area (Å²) >= 11 is 0. The molecular formula is C20H20F3N3O3. The molecule has 1 amide bonds. The highest BCUT2D eigenvalue weighted by molar-refractivity contribution is 5.78. The van der Waals surface area contributed by atoms with Crippen molar-refractivity contribution in [2.24, 2.45) is 0 Å². The van der Waals surface area contributed by atoms with Gasteiger partial charge in [-0.2, -0.15) is 13.2 Å². The Labute approximate surface area is 165 Å². The van der Waals surface area contributed by atoms with Crippen molar-refractivity contribution < 1.29 is 27.4 Å². The van der Waals surface area contributed by atoms with Crippen LogP contribution in [-0.2, 0) is 17.5 Å². The Morgan fingerprint density at radius 3 is 2.62 bits per heavy atom. The summed E-state index contributed by atoms with van der Waals surface area (Å²) in [7, 11) is 1.48. The van der Waals surface area contributed by atoms with Crippen LogP contribution in [0.4, 0.5) is 13.2 Å². The highest BCUT2D eigenvalue weighted by atomic mass is 19.4. The second-order valence-corrected chi connectivity index (χ2v) is 6.46. The van der Waals surface area contributed by atoms with Crippen molar-refractivity contribution in [1.82, 2.24) is 14.9 Å². The molecule has 0 aliphatic heterocycles. The van der Waals surface area contributed by atoms with Crippen LogP contribution >= 0.6 is 0 Å². The lowest BCUT2D eigenvalue weighted by molar-refractivity contribution is -0.143. The lowest BCUT2D eigenvalue weighted by atomic mass is 10.3. The predicted octanol–water partition coefficient (Wildman–Crippen LogP) is 3.65. The van der Waals surface area contributed by atoms with Gasteiger partial charge in [-0.05, 0) is 37.3 Å². The van der Waals surface area contributed by atoms with Crippen LogP contribution in [0, 0.1) is 0 Å². The summed E-state index contributed by atoms with van der Waals surface area (Å²) in [5.41, 5.74) is -0.594. The SMILES string of the molecule is COc1ccccc1OCC(=O)N[C@H](C)Cn1c(C(F)(F)F)cc2cccnc21. The number of carbonyl (C=O) groups excluding carboxylic acids is 1. The van der Waals surface area contributed by atoms with Gasteiger partial charge in [0.1, 0.15) is 11.3 Å². The molecule has 0 aliphatic carbocycles. The van der Waals surface area contributed by atoms with E-state index in [1.165, 1.54) is 13.3 Å². The van der Waals surface area contributed by atoms with Crippen LogP contribution in [0.15, 0.2) is 48.7 Å². The Hall–Kier alpha value is -3.23. The van der Waals surface area contributed by atoms with E-state index < -0.39 is 23.8 Å². The zero-order chi connectivity index (χ0) is 21.0. The molecule has 29 heavy (non-hydrogen) atoms. The molecule has 2 heterocycles. The van der Waals surface area contributed by atoms with Gasteiger partial charge >= 0.3 is 6.18 Å². The molecule has 1 aromatic carbocycles. The Balaban J connectivity index is 1.68. The lowest BCUT2D eigenvalue weighted by Gasteiger charge is -2.19. The number of fused-ring (bicyclic) bond motifs is 1. The number of hydrogen-bond donors (Lipinski definition) is 1. The molecular weight excluding hydrogens is 387 g/mol. The first-order chi connectivity index (χ1) is 13.8. The van der Waals surface area contributed by atoms with E-state index in [9.17, 15) is 18.0 Å². The quantitative estimate of drug-likeness (QED) is 0.649. The average Bonchev–Trinajstić information content (AvgIpc) is 3.05. The van der Waals surface area contributed by atoms with E-state index in [4.69, 9.17) is 9.47 Å². The largest absolute Gasteiger partial charge is 0.493 e. The maximum Gasteiger partial charge on any atom is 0.431 e. The number of hydrogen-bond acceptors (Lipinski definition) is 4. The van der Waals surface area contributed by atoms with Crippen molar-refractivity contribution in [3.8, 4) is 11.5 Å². The molecule has 3 aromatic rings. The van der Waals surface area contributed by atoms with Crippen LogP contribution in [0.1, 0.15) is 12.6 Å². The van der Waals surface area contributed by atoms with Gasteiger partial charge in [-0.15, -0.1) is 0 Å². The van der Waals surface area contributed by atoms with Gasteiger partial charge < -0.3 is 19.4 Å². The Kier molecular flexibility index (Phi) is 5.95. The fourth-order valence-corrected chi connectivity index (χ4v) is 3.02. The average molecular weight is 407 g/mol. The summed E-state index contributed by atoms with van der Waals surface area (Å²) in [5, 5.41) is 3.04. The Bertz CT molecular complexity index is 1000. The zero-order valence-electron chi connectivity index (χ0n) is 15.9. The third kappa shape index (κ3) is 4.79. The molecule has 0 spiro atoms. The molecule has 1 N–H and O–H groups in total. The first-order valence-electron chi connectivity index (χ1n) is 8.86. The normalized spacial score (nSPS) is 12.6. The van der Waals surface area contributed by atoms with Gasteiger partial charge in [-0.1, -0.05) is 12.1 Å². The number of rotatable bonds is 7. The minimum Gasteiger partial charge on any atom is -0.493 e. The van der Waals surface area contributed by atoms with Crippen LogP contribution in [0.5, 0.6) is 11.5 Å². The summed E-state index contributed by atoms with van der Waals surface area (Å²) < 4.78 is 51.9. The third-order valence-corrected chi connectivity index (χ3v) is 4.24. The number of nitrogens with one attached hydrogen (secondary N) is 1.